The van der Waals surface area contributed by atoms with E-state index in [2.05, 4.69) is 6.92 Å². The zero-order chi connectivity index (χ0) is 10.4. The fraction of sp³-hybridized carbons (Fsp3) is 0.909. The van der Waals surface area contributed by atoms with Crippen LogP contribution in [0.2, 0.25) is 0 Å². The fourth-order valence-corrected chi connectivity index (χ4v) is 1.62. The van der Waals surface area contributed by atoms with Crippen molar-refractivity contribution >= 4 is 5.97 Å². The molecule has 0 N–H and O–H groups in total. The van der Waals surface area contributed by atoms with Crippen LogP contribution < -0.4 is 0 Å². The van der Waals surface area contributed by atoms with E-state index in [9.17, 15) is 4.79 Å². The third-order valence-electron chi connectivity index (χ3n) is 2.68. The minimum atomic E-state index is -0.0564. The summed E-state index contributed by atoms with van der Waals surface area (Å²) in [5, 5.41) is 0. The molecule has 0 saturated carbocycles. The van der Waals surface area contributed by atoms with Crippen molar-refractivity contribution in [2.24, 2.45) is 5.92 Å². The highest BCUT2D eigenvalue weighted by molar-refractivity contribution is 5.72. The smallest absolute Gasteiger partial charge is 0.308 e. The lowest BCUT2D eigenvalue weighted by Crippen LogP contribution is -2.16. The Kier molecular flexibility index (Phi) is 4.94. The maximum absolute atomic E-state index is 11.4. The molecule has 0 radical (unpaired) electrons. The van der Waals surface area contributed by atoms with E-state index in [0.717, 1.165) is 38.7 Å². The van der Waals surface area contributed by atoms with Crippen LogP contribution in [0.15, 0.2) is 0 Å². The van der Waals surface area contributed by atoms with Gasteiger partial charge in [-0.25, -0.2) is 0 Å². The average Bonchev–Trinajstić information content (AvgIpc) is 3.01. The number of ether oxygens (including phenoxy) is 2. The van der Waals surface area contributed by atoms with Gasteiger partial charge < -0.3 is 9.47 Å². The quantitative estimate of drug-likeness (QED) is 0.467. The predicted octanol–water partition coefficient (Wildman–Crippen LogP) is 2.14. The number of esters is 1. The average molecular weight is 200 g/mol. The highest BCUT2D eigenvalue weighted by Gasteiger charge is 2.26. The third kappa shape index (κ3) is 4.09. The number of epoxide rings is 1. The van der Waals surface area contributed by atoms with Gasteiger partial charge in [0.25, 0.3) is 0 Å². The van der Waals surface area contributed by atoms with E-state index in [1.807, 2.05) is 0 Å². The first-order valence-electron chi connectivity index (χ1n) is 5.47. The van der Waals surface area contributed by atoms with Crippen LogP contribution in [-0.4, -0.2) is 25.8 Å². The molecule has 1 aliphatic heterocycles. The molecule has 0 spiro atoms. The molecule has 1 fully saturated rings. The summed E-state index contributed by atoms with van der Waals surface area (Å²) in [5.74, 6) is 0.0308. The van der Waals surface area contributed by atoms with E-state index >= 15 is 0 Å². The molecule has 0 aliphatic carbocycles. The minimum Gasteiger partial charge on any atom is -0.469 e. The van der Waals surface area contributed by atoms with Crippen LogP contribution in [0.1, 0.15) is 39.0 Å². The number of unbranched alkanes of at least 4 members (excludes halogenated alkanes) is 1. The number of methoxy groups -OCH3 is 1. The summed E-state index contributed by atoms with van der Waals surface area (Å²) >= 11 is 0. The van der Waals surface area contributed by atoms with Gasteiger partial charge in [-0.1, -0.05) is 19.8 Å². The molecule has 14 heavy (non-hydrogen) atoms. The van der Waals surface area contributed by atoms with Crippen LogP contribution in [0.5, 0.6) is 0 Å². The molecule has 82 valence electrons. The highest BCUT2D eigenvalue weighted by atomic mass is 16.6. The van der Waals surface area contributed by atoms with Gasteiger partial charge in [0, 0.05) is 0 Å². The van der Waals surface area contributed by atoms with Crippen molar-refractivity contribution in [3.05, 3.63) is 0 Å². The van der Waals surface area contributed by atoms with Gasteiger partial charge in [-0.05, 0) is 19.3 Å². The molecule has 0 amide bonds. The van der Waals surface area contributed by atoms with E-state index in [4.69, 9.17) is 9.47 Å². The van der Waals surface area contributed by atoms with Crippen molar-refractivity contribution in [2.75, 3.05) is 13.7 Å². The van der Waals surface area contributed by atoms with Gasteiger partial charge in [0.15, 0.2) is 0 Å². The van der Waals surface area contributed by atoms with Crippen molar-refractivity contribution in [2.45, 2.75) is 45.1 Å². The third-order valence-corrected chi connectivity index (χ3v) is 2.68. The summed E-state index contributed by atoms with van der Waals surface area (Å²) in [5.41, 5.74) is 0. The zero-order valence-electron chi connectivity index (χ0n) is 9.12. The van der Waals surface area contributed by atoms with Crippen molar-refractivity contribution in [3.8, 4) is 0 Å². The van der Waals surface area contributed by atoms with Crippen LogP contribution >= 0.6 is 0 Å². The number of hydrogen-bond acceptors (Lipinski definition) is 3. The number of hydrogen-bond donors (Lipinski definition) is 0. The Balaban J connectivity index is 2.22. The van der Waals surface area contributed by atoms with Gasteiger partial charge in [-0.2, -0.15) is 0 Å². The molecule has 3 heteroatoms. The number of carbonyl (C=O) groups is 1. The molecule has 0 aromatic rings. The molecular formula is C11H20O3. The second-order valence-corrected chi connectivity index (χ2v) is 3.90. The Bertz CT molecular complexity index is 175. The van der Waals surface area contributed by atoms with Gasteiger partial charge in [0.05, 0.1) is 25.7 Å². The molecule has 1 saturated heterocycles. The summed E-state index contributed by atoms with van der Waals surface area (Å²) in [6, 6.07) is 0. The fourth-order valence-electron chi connectivity index (χ4n) is 1.62. The van der Waals surface area contributed by atoms with Gasteiger partial charge in [0.1, 0.15) is 0 Å². The first-order chi connectivity index (χ1) is 6.77. The lowest BCUT2D eigenvalue weighted by atomic mass is 9.96. The highest BCUT2D eigenvalue weighted by Crippen LogP contribution is 2.22. The predicted molar refractivity (Wildman–Crippen MR) is 54.0 cm³/mol. The molecule has 1 aliphatic rings. The van der Waals surface area contributed by atoms with E-state index in [-0.39, 0.29) is 11.9 Å². The summed E-state index contributed by atoms with van der Waals surface area (Å²) in [7, 11) is 1.47. The Morgan fingerprint density at radius 1 is 1.57 bits per heavy atom. The topological polar surface area (TPSA) is 38.8 Å². The molecule has 0 bridgehead atoms. The second-order valence-electron chi connectivity index (χ2n) is 3.90. The molecule has 0 aromatic carbocycles. The second kappa shape index (κ2) is 6.02. The maximum Gasteiger partial charge on any atom is 0.308 e. The SMILES string of the molecule is CCCCC(CCC1CO1)C(=O)OC. The summed E-state index contributed by atoms with van der Waals surface area (Å²) in [6.07, 6.45) is 5.53. The lowest BCUT2D eigenvalue weighted by Gasteiger charge is -2.12. The monoisotopic (exact) mass is 200 g/mol. The number of rotatable bonds is 7. The standard InChI is InChI=1S/C11H20O3/c1-3-4-5-9(11(12)13-2)6-7-10-8-14-10/h9-10H,3-8H2,1-2H3. The molecule has 1 rings (SSSR count). The van der Waals surface area contributed by atoms with Crippen molar-refractivity contribution in [3.63, 3.8) is 0 Å². The Morgan fingerprint density at radius 3 is 2.79 bits per heavy atom. The Labute approximate surface area is 85.8 Å². The lowest BCUT2D eigenvalue weighted by molar-refractivity contribution is -0.146. The van der Waals surface area contributed by atoms with E-state index in [0.29, 0.717) is 6.10 Å². The van der Waals surface area contributed by atoms with Gasteiger partial charge >= 0.3 is 5.97 Å². The molecule has 3 nitrogen and oxygen atoms in total. The first-order valence-corrected chi connectivity index (χ1v) is 5.47. The van der Waals surface area contributed by atoms with Crippen LogP contribution in [-0.2, 0) is 14.3 Å². The van der Waals surface area contributed by atoms with Crippen molar-refractivity contribution in [1.82, 2.24) is 0 Å². The number of carbonyl (C=O) groups excluding carboxylic acids is 1. The van der Waals surface area contributed by atoms with Crippen LogP contribution in [0.4, 0.5) is 0 Å². The molecule has 1 heterocycles. The minimum absolute atomic E-state index is 0.0564. The van der Waals surface area contributed by atoms with Gasteiger partial charge in [-0.3, -0.25) is 4.79 Å². The van der Waals surface area contributed by atoms with Crippen LogP contribution in [0.25, 0.3) is 0 Å². The maximum atomic E-state index is 11.4. The molecule has 2 atom stereocenters. The molecular weight excluding hydrogens is 180 g/mol. The summed E-state index contributed by atoms with van der Waals surface area (Å²) in [6.45, 7) is 3.01. The normalized spacial score (nSPS) is 21.7. The van der Waals surface area contributed by atoms with Crippen LogP contribution in [0.3, 0.4) is 0 Å². The largest absolute Gasteiger partial charge is 0.469 e. The summed E-state index contributed by atoms with van der Waals surface area (Å²) in [4.78, 5) is 11.4. The Morgan fingerprint density at radius 2 is 2.29 bits per heavy atom. The first kappa shape index (κ1) is 11.5. The van der Waals surface area contributed by atoms with Crippen LogP contribution in [0, 0.1) is 5.92 Å². The van der Waals surface area contributed by atoms with Crippen molar-refractivity contribution < 1.29 is 14.3 Å². The van der Waals surface area contributed by atoms with Gasteiger partial charge in [-0.15, -0.1) is 0 Å². The van der Waals surface area contributed by atoms with E-state index in [1.54, 1.807) is 0 Å². The van der Waals surface area contributed by atoms with Crippen molar-refractivity contribution in [1.29, 1.82) is 0 Å². The zero-order valence-corrected chi connectivity index (χ0v) is 9.12. The van der Waals surface area contributed by atoms with E-state index < -0.39 is 0 Å². The van der Waals surface area contributed by atoms with E-state index in [1.165, 1.54) is 7.11 Å². The van der Waals surface area contributed by atoms with Gasteiger partial charge in [0.2, 0.25) is 0 Å². The Hall–Kier alpha value is -0.570. The molecule has 0 aromatic heterocycles. The molecule has 2 unspecified atom stereocenters. The summed E-state index contributed by atoms with van der Waals surface area (Å²) < 4.78 is 9.91.